The fourth-order valence-electron chi connectivity index (χ4n) is 1.72. The molecule has 0 aliphatic heterocycles. The van der Waals surface area contributed by atoms with Gasteiger partial charge in [0, 0.05) is 0 Å². The Morgan fingerprint density at radius 1 is 1.18 bits per heavy atom. The van der Waals surface area contributed by atoms with Crippen LogP contribution < -0.4 is 0 Å². The minimum Gasteiger partial charge on any atom is -0.478 e. The lowest BCUT2D eigenvalue weighted by atomic mass is 9.97. The van der Waals surface area contributed by atoms with Crippen molar-refractivity contribution in [1.82, 2.24) is 0 Å². The fraction of sp³-hybridized carbons (Fsp3) is 0.0714. The first kappa shape index (κ1) is 11.3. The SMILES string of the molecule is Cc1c(F)cc(C(=O)O)cc1-c1ccccc1. The summed E-state index contributed by atoms with van der Waals surface area (Å²) >= 11 is 0. The Morgan fingerprint density at radius 2 is 1.82 bits per heavy atom. The highest BCUT2D eigenvalue weighted by Gasteiger charge is 2.12. The van der Waals surface area contributed by atoms with E-state index in [0.29, 0.717) is 11.1 Å². The predicted molar refractivity (Wildman–Crippen MR) is 63.5 cm³/mol. The minimum atomic E-state index is -1.12. The molecule has 1 N–H and O–H groups in total. The van der Waals surface area contributed by atoms with E-state index in [4.69, 9.17) is 5.11 Å². The molecular formula is C14H11FO2. The molecule has 0 heterocycles. The molecule has 0 atom stereocenters. The topological polar surface area (TPSA) is 37.3 Å². The van der Waals surface area contributed by atoms with Crippen LogP contribution in [-0.2, 0) is 0 Å². The van der Waals surface area contributed by atoms with Crippen molar-refractivity contribution in [3.8, 4) is 11.1 Å². The number of rotatable bonds is 2. The van der Waals surface area contributed by atoms with E-state index in [9.17, 15) is 9.18 Å². The van der Waals surface area contributed by atoms with Crippen LogP contribution in [0.5, 0.6) is 0 Å². The van der Waals surface area contributed by atoms with Crippen LogP contribution in [0.3, 0.4) is 0 Å². The molecule has 17 heavy (non-hydrogen) atoms. The van der Waals surface area contributed by atoms with E-state index in [1.165, 1.54) is 6.07 Å². The standard InChI is InChI=1S/C14H11FO2/c1-9-12(10-5-3-2-4-6-10)7-11(14(16)17)8-13(9)15/h2-8H,1H3,(H,16,17). The normalized spacial score (nSPS) is 10.2. The van der Waals surface area contributed by atoms with Crippen molar-refractivity contribution < 1.29 is 14.3 Å². The van der Waals surface area contributed by atoms with Gasteiger partial charge in [-0.3, -0.25) is 0 Å². The molecule has 0 saturated heterocycles. The summed E-state index contributed by atoms with van der Waals surface area (Å²) in [5.41, 5.74) is 1.85. The van der Waals surface area contributed by atoms with Gasteiger partial charge in [-0.05, 0) is 35.7 Å². The van der Waals surface area contributed by atoms with Gasteiger partial charge >= 0.3 is 5.97 Å². The Kier molecular flexibility index (Phi) is 2.91. The molecule has 0 fully saturated rings. The summed E-state index contributed by atoms with van der Waals surface area (Å²) in [5, 5.41) is 8.90. The molecule has 0 radical (unpaired) electrons. The third-order valence-corrected chi connectivity index (χ3v) is 2.68. The quantitative estimate of drug-likeness (QED) is 0.857. The lowest BCUT2D eigenvalue weighted by molar-refractivity contribution is 0.0696. The zero-order valence-corrected chi connectivity index (χ0v) is 9.27. The lowest BCUT2D eigenvalue weighted by Gasteiger charge is -2.08. The molecule has 2 aromatic carbocycles. The monoisotopic (exact) mass is 230 g/mol. The maximum atomic E-state index is 13.6. The van der Waals surface area contributed by atoms with Gasteiger partial charge in [0.2, 0.25) is 0 Å². The highest BCUT2D eigenvalue weighted by molar-refractivity contribution is 5.90. The molecule has 0 bridgehead atoms. The Balaban J connectivity index is 2.65. The van der Waals surface area contributed by atoms with Gasteiger partial charge in [0.15, 0.2) is 0 Å². The molecule has 2 rings (SSSR count). The summed E-state index contributed by atoms with van der Waals surface area (Å²) in [5.74, 6) is -1.62. The number of aromatic carboxylic acids is 1. The summed E-state index contributed by atoms with van der Waals surface area (Å²) in [4.78, 5) is 10.9. The van der Waals surface area contributed by atoms with Crippen LogP contribution in [0.2, 0.25) is 0 Å². The first-order chi connectivity index (χ1) is 8.09. The van der Waals surface area contributed by atoms with E-state index in [-0.39, 0.29) is 5.56 Å². The minimum absolute atomic E-state index is 0.0352. The van der Waals surface area contributed by atoms with Crippen LogP contribution in [0.1, 0.15) is 15.9 Å². The molecular weight excluding hydrogens is 219 g/mol. The largest absolute Gasteiger partial charge is 0.478 e. The van der Waals surface area contributed by atoms with E-state index >= 15 is 0 Å². The van der Waals surface area contributed by atoms with Gasteiger partial charge in [-0.25, -0.2) is 9.18 Å². The molecule has 0 aliphatic rings. The zero-order chi connectivity index (χ0) is 12.4. The van der Waals surface area contributed by atoms with Crippen LogP contribution in [0.15, 0.2) is 42.5 Å². The average molecular weight is 230 g/mol. The molecule has 3 heteroatoms. The second-order valence-corrected chi connectivity index (χ2v) is 3.80. The van der Waals surface area contributed by atoms with E-state index in [1.54, 1.807) is 6.92 Å². The molecule has 2 aromatic rings. The predicted octanol–water partition coefficient (Wildman–Crippen LogP) is 3.50. The molecule has 0 spiro atoms. The van der Waals surface area contributed by atoms with E-state index in [2.05, 4.69) is 0 Å². The maximum Gasteiger partial charge on any atom is 0.335 e. The second-order valence-electron chi connectivity index (χ2n) is 3.80. The number of hydrogen-bond donors (Lipinski definition) is 1. The number of carbonyl (C=O) groups is 1. The van der Waals surface area contributed by atoms with Gasteiger partial charge in [-0.15, -0.1) is 0 Å². The Morgan fingerprint density at radius 3 is 2.41 bits per heavy atom. The van der Waals surface area contributed by atoms with Crippen LogP contribution in [-0.4, -0.2) is 11.1 Å². The molecule has 0 unspecified atom stereocenters. The molecule has 0 aliphatic carbocycles. The highest BCUT2D eigenvalue weighted by Crippen LogP contribution is 2.26. The summed E-state index contributed by atoms with van der Waals surface area (Å²) in [6, 6.07) is 11.7. The molecule has 0 amide bonds. The molecule has 0 aromatic heterocycles. The Labute approximate surface area is 98.3 Å². The molecule has 86 valence electrons. The van der Waals surface area contributed by atoms with Gasteiger partial charge in [0.05, 0.1) is 5.56 Å². The van der Waals surface area contributed by atoms with Gasteiger partial charge in [-0.2, -0.15) is 0 Å². The highest BCUT2D eigenvalue weighted by atomic mass is 19.1. The lowest BCUT2D eigenvalue weighted by Crippen LogP contribution is -2.00. The number of carboxylic acids is 1. The molecule has 2 nitrogen and oxygen atoms in total. The van der Waals surface area contributed by atoms with Crippen LogP contribution in [0.25, 0.3) is 11.1 Å². The van der Waals surface area contributed by atoms with Gasteiger partial charge < -0.3 is 5.11 Å². The van der Waals surface area contributed by atoms with E-state index in [1.807, 2.05) is 30.3 Å². The van der Waals surface area contributed by atoms with Gasteiger partial charge in [0.1, 0.15) is 5.82 Å². The number of hydrogen-bond acceptors (Lipinski definition) is 1. The van der Waals surface area contributed by atoms with Crippen molar-refractivity contribution >= 4 is 5.97 Å². The van der Waals surface area contributed by atoms with Crippen molar-refractivity contribution in [2.75, 3.05) is 0 Å². The summed E-state index contributed by atoms with van der Waals surface area (Å²) in [7, 11) is 0. The zero-order valence-electron chi connectivity index (χ0n) is 9.27. The smallest absolute Gasteiger partial charge is 0.335 e. The Bertz CT molecular complexity index is 562. The third kappa shape index (κ3) is 2.18. The van der Waals surface area contributed by atoms with Crippen molar-refractivity contribution in [3.05, 3.63) is 59.4 Å². The third-order valence-electron chi connectivity index (χ3n) is 2.68. The van der Waals surface area contributed by atoms with E-state index < -0.39 is 11.8 Å². The first-order valence-corrected chi connectivity index (χ1v) is 5.18. The fourth-order valence-corrected chi connectivity index (χ4v) is 1.72. The van der Waals surface area contributed by atoms with Crippen molar-refractivity contribution in [1.29, 1.82) is 0 Å². The van der Waals surface area contributed by atoms with Crippen LogP contribution >= 0.6 is 0 Å². The number of benzene rings is 2. The van der Waals surface area contributed by atoms with Crippen molar-refractivity contribution in [3.63, 3.8) is 0 Å². The number of carboxylic acid groups (broad SMARTS) is 1. The van der Waals surface area contributed by atoms with E-state index in [0.717, 1.165) is 11.6 Å². The summed E-state index contributed by atoms with van der Waals surface area (Å²) in [6.45, 7) is 1.64. The summed E-state index contributed by atoms with van der Waals surface area (Å²) in [6.07, 6.45) is 0. The maximum absolute atomic E-state index is 13.6. The van der Waals surface area contributed by atoms with Crippen molar-refractivity contribution in [2.24, 2.45) is 0 Å². The number of halogens is 1. The Hall–Kier alpha value is -2.16. The van der Waals surface area contributed by atoms with Gasteiger partial charge in [-0.1, -0.05) is 30.3 Å². The van der Waals surface area contributed by atoms with Gasteiger partial charge in [0.25, 0.3) is 0 Å². The average Bonchev–Trinajstić information content (AvgIpc) is 2.33. The van der Waals surface area contributed by atoms with Crippen LogP contribution in [0, 0.1) is 12.7 Å². The second kappa shape index (κ2) is 4.37. The van der Waals surface area contributed by atoms with Crippen molar-refractivity contribution in [2.45, 2.75) is 6.92 Å². The summed E-state index contributed by atoms with van der Waals surface area (Å²) < 4.78 is 13.6. The first-order valence-electron chi connectivity index (χ1n) is 5.18. The van der Waals surface area contributed by atoms with Crippen LogP contribution in [0.4, 0.5) is 4.39 Å². The molecule has 0 saturated carbocycles.